The lowest BCUT2D eigenvalue weighted by atomic mass is 9.88. The summed E-state index contributed by atoms with van der Waals surface area (Å²) in [7, 11) is 0. The lowest BCUT2D eigenvalue weighted by molar-refractivity contribution is -0.131. The van der Waals surface area contributed by atoms with Gasteiger partial charge in [-0.05, 0) is 74.4 Å². The Kier molecular flexibility index (Phi) is 6.24. The van der Waals surface area contributed by atoms with E-state index in [2.05, 4.69) is 50.8 Å². The van der Waals surface area contributed by atoms with E-state index in [-0.39, 0.29) is 0 Å². The van der Waals surface area contributed by atoms with Gasteiger partial charge in [0.25, 0.3) is 0 Å². The van der Waals surface area contributed by atoms with E-state index >= 15 is 0 Å². The number of hydrogen-bond acceptors (Lipinski definition) is 2. The standard InChI is InChI=1S/C22H29NO2/c1-15(2)23-12-11-18(5)20-14-19(9-10-21(20)23)17(4)8-6-7-16(3)13-22(24)25/h6-10,13-15,18H,11-12H2,1-5H3,(H,24,25)/b7-6+,16-13+,17-8+. The largest absolute Gasteiger partial charge is 0.478 e. The molecule has 0 bridgehead atoms. The van der Waals surface area contributed by atoms with Crippen LogP contribution in [0.5, 0.6) is 0 Å². The van der Waals surface area contributed by atoms with E-state index in [1.807, 2.05) is 18.2 Å². The molecule has 1 aliphatic heterocycles. The normalized spacial score (nSPS) is 18.8. The molecule has 1 aromatic carbocycles. The van der Waals surface area contributed by atoms with Gasteiger partial charge in [0.05, 0.1) is 0 Å². The summed E-state index contributed by atoms with van der Waals surface area (Å²) in [5.74, 6) is -0.338. The molecule has 1 heterocycles. The van der Waals surface area contributed by atoms with Gasteiger partial charge in [-0.15, -0.1) is 0 Å². The van der Waals surface area contributed by atoms with Crippen LogP contribution in [-0.2, 0) is 4.79 Å². The second-order valence-electron chi connectivity index (χ2n) is 7.19. The van der Waals surface area contributed by atoms with Gasteiger partial charge in [0, 0.05) is 24.4 Å². The number of allylic oxidation sites excluding steroid dienone is 5. The molecular formula is C22H29NO2. The molecule has 0 fully saturated rings. The predicted molar refractivity (Wildman–Crippen MR) is 106 cm³/mol. The first-order valence-corrected chi connectivity index (χ1v) is 8.96. The van der Waals surface area contributed by atoms with Crippen molar-refractivity contribution in [2.24, 2.45) is 0 Å². The van der Waals surface area contributed by atoms with Crippen LogP contribution in [0.3, 0.4) is 0 Å². The molecular weight excluding hydrogens is 310 g/mol. The number of anilines is 1. The van der Waals surface area contributed by atoms with Gasteiger partial charge in [-0.1, -0.05) is 31.2 Å². The molecule has 0 amide bonds. The Labute approximate surface area is 151 Å². The van der Waals surface area contributed by atoms with Crippen molar-refractivity contribution in [3.8, 4) is 0 Å². The molecule has 3 heteroatoms. The topological polar surface area (TPSA) is 40.5 Å². The Balaban J connectivity index is 2.26. The van der Waals surface area contributed by atoms with Gasteiger partial charge in [0.1, 0.15) is 0 Å². The predicted octanol–water partition coefficient (Wildman–Crippen LogP) is 5.40. The minimum absolute atomic E-state index is 0.515. The van der Waals surface area contributed by atoms with Crippen molar-refractivity contribution in [1.29, 1.82) is 0 Å². The third-order valence-electron chi connectivity index (χ3n) is 4.81. The van der Waals surface area contributed by atoms with Crippen LogP contribution < -0.4 is 4.90 Å². The highest BCUT2D eigenvalue weighted by molar-refractivity contribution is 5.81. The van der Waals surface area contributed by atoms with Crippen molar-refractivity contribution in [2.75, 3.05) is 11.4 Å². The number of benzene rings is 1. The number of carboxylic acid groups (broad SMARTS) is 1. The Morgan fingerprint density at radius 1 is 1.32 bits per heavy atom. The van der Waals surface area contributed by atoms with Gasteiger partial charge in [-0.3, -0.25) is 0 Å². The summed E-state index contributed by atoms with van der Waals surface area (Å²) in [4.78, 5) is 13.1. The molecule has 2 rings (SSSR count). The van der Waals surface area contributed by atoms with Crippen molar-refractivity contribution in [3.05, 3.63) is 59.2 Å². The fourth-order valence-electron chi connectivity index (χ4n) is 3.28. The molecule has 25 heavy (non-hydrogen) atoms. The average molecular weight is 339 g/mol. The van der Waals surface area contributed by atoms with Crippen molar-refractivity contribution in [3.63, 3.8) is 0 Å². The van der Waals surface area contributed by atoms with Gasteiger partial charge in [0.2, 0.25) is 0 Å². The number of hydrogen-bond donors (Lipinski definition) is 1. The Morgan fingerprint density at radius 2 is 2.04 bits per heavy atom. The number of rotatable bonds is 5. The molecule has 3 nitrogen and oxygen atoms in total. The van der Waals surface area contributed by atoms with Crippen LogP contribution in [-0.4, -0.2) is 23.7 Å². The van der Waals surface area contributed by atoms with E-state index in [4.69, 9.17) is 5.11 Å². The fourth-order valence-corrected chi connectivity index (χ4v) is 3.28. The summed E-state index contributed by atoms with van der Waals surface area (Å²) in [6.07, 6.45) is 8.17. The van der Waals surface area contributed by atoms with Crippen LogP contribution in [0.2, 0.25) is 0 Å². The highest BCUT2D eigenvalue weighted by Gasteiger charge is 2.24. The van der Waals surface area contributed by atoms with E-state index in [1.165, 1.54) is 34.9 Å². The number of fused-ring (bicyclic) bond motifs is 1. The van der Waals surface area contributed by atoms with Crippen LogP contribution in [0.25, 0.3) is 5.57 Å². The molecule has 0 saturated heterocycles. The van der Waals surface area contributed by atoms with Crippen LogP contribution in [0.4, 0.5) is 5.69 Å². The van der Waals surface area contributed by atoms with Crippen molar-refractivity contribution in [1.82, 2.24) is 0 Å². The molecule has 1 atom stereocenters. The number of carbonyl (C=O) groups is 1. The van der Waals surface area contributed by atoms with Crippen LogP contribution in [0, 0.1) is 0 Å². The minimum Gasteiger partial charge on any atom is -0.478 e. The summed E-state index contributed by atoms with van der Waals surface area (Å²) >= 11 is 0. The molecule has 1 unspecified atom stereocenters. The summed E-state index contributed by atoms with van der Waals surface area (Å²) in [5, 5.41) is 8.74. The molecule has 0 spiro atoms. The first-order chi connectivity index (χ1) is 11.8. The Bertz CT molecular complexity index is 726. The van der Waals surface area contributed by atoms with Crippen molar-refractivity contribution in [2.45, 2.75) is 53.0 Å². The lowest BCUT2D eigenvalue weighted by Gasteiger charge is -2.37. The third kappa shape index (κ3) is 4.85. The molecule has 1 aliphatic rings. The van der Waals surface area contributed by atoms with Gasteiger partial charge in [-0.25, -0.2) is 4.79 Å². The van der Waals surface area contributed by atoms with Crippen molar-refractivity contribution < 1.29 is 9.90 Å². The van der Waals surface area contributed by atoms with E-state index in [1.54, 1.807) is 6.92 Å². The summed E-state index contributed by atoms with van der Waals surface area (Å²) in [5.41, 5.74) is 5.91. The maximum absolute atomic E-state index is 10.6. The molecule has 0 aromatic heterocycles. The molecule has 0 radical (unpaired) electrons. The van der Waals surface area contributed by atoms with Crippen LogP contribution in [0.15, 0.2) is 48.1 Å². The summed E-state index contributed by atoms with van der Waals surface area (Å²) in [6, 6.07) is 7.26. The lowest BCUT2D eigenvalue weighted by Crippen LogP contribution is -2.36. The van der Waals surface area contributed by atoms with Gasteiger partial charge < -0.3 is 10.0 Å². The smallest absolute Gasteiger partial charge is 0.328 e. The zero-order chi connectivity index (χ0) is 18.6. The van der Waals surface area contributed by atoms with Crippen LogP contribution in [0.1, 0.15) is 58.1 Å². The van der Waals surface area contributed by atoms with Gasteiger partial charge >= 0.3 is 5.97 Å². The minimum atomic E-state index is -0.916. The van der Waals surface area contributed by atoms with Gasteiger partial charge in [0.15, 0.2) is 0 Å². The highest BCUT2D eigenvalue weighted by atomic mass is 16.4. The monoisotopic (exact) mass is 339 g/mol. The SMILES string of the molecule is CC(/C=C/C=C(\C)c1ccc2c(c1)C(C)CCN2C(C)C)=C\C(=O)O. The first kappa shape index (κ1) is 19.0. The average Bonchev–Trinajstić information content (AvgIpc) is 2.53. The highest BCUT2D eigenvalue weighted by Crippen LogP contribution is 2.37. The van der Waals surface area contributed by atoms with Crippen molar-refractivity contribution >= 4 is 17.2 Å². The third-order valence-corrected chi connectivity index (χ3v) is 4.81. The van der Waals surface area contributed by atoms with E-state index in [0.717, 1.165) is 12.1 Å². The zero-order valence-electron chi connectivity index (χ0n) is 15.9. The van der Waals surface area contributed by atoms with E-state index < -0.39 is 5.97 Å². The number of carboxylic acids is 1. The van der Waals surface area contributed by atoms with E-state index in [9.17, 15) is 4.79 Å². The number of aliphatic carboxylic acids is 1. The quantitative estimate of drug-likeness (QED) is 0.577. The molecule has 134 valence electrons. The Morgan fingerprint density at radius 3 is 2.68 bits per heavy atom. The summed E-state index contributed by atoms with van der Waals surface area (Å²) < 4.78 is 0. The van der Waals surface area contributed by atoms with Crippen LogP contribution >= 0.6 is 0 Å². The first-order valence-electron chi connectivity index (χ1n) is 8.96. The molecule has 1 N–H and O–H groups in total. The fraction of sp³-hybridized carbons (Fsp3) is 0.409. The van der Waals surface area contributed by atoms with Gasteiger partial charge in [-0.2, -0.15) is 0 Å². The maximum atomic E-state index is 10.6. The Hall–Kier alpha value is -2.29. The second kappa shape index (κ2) is 8.19. The summed E-state index contributed by atoms with van der Waals surface area (Å²) in [6.45, 7) is 11.8. The molecule has 1 aromatic rings. The zero-order valence-corrected chi connectivity index (χ0v) is 15.9. The van der Waals surface area contributed by atoms with E-state index in [0.29, 0.717) is 12.0 Å². The number of nitrogens with zero attached hydrogens (tertiary/aromatic N) is 1. The molecule has 0 saturated carbocycles. The molecule has 0 aliphatic carbocycles. The second-order valence-corrected chi connectivity index (χ2v) is 7.19. The maximum Gasteiger partial charge on any atom is 0.328 e.